The molecule has 0 unspecified atom stereocenters. The minimum atomic E-state index is -0.980. The van der Waals surface area contributed by atoms with E-state index in [1.54, 1.807) is 4.90 Å². The molecular weight excluding hydrogens is 288 g/mol. The van der Waals surface area contributed by atoms with Crippen molar-refractivity contribution < 1.29 is 18.7 Å². The molecule has 0 saturated heterocycles. The molecule has 0 amide bonds. The van der Waals surface area contributed by atoms with Gasteiger partial charge in [-0.1, -0.05) is 24.3 Å². The van der Waals surface area contributed by atoms with E-state index in [1.165, 1.54) is 0 Å². The molecule has 3 nitrogen and oxygen atoms in total. The second-order valence-electron chi connectivity index (χ2n) is 5.09. The molecule has 2 rings (SSSR count). The molecule has 0 fully saturated rings. The first-order chi connectivity index (χ1) is 10.5. The predicted octanol–water partition coefficient (Wildman–Crippen LogP) is 3.75. The fourth-order valence-electron chi connectivity index (χ4n) is 2.24. The third-order valence-electron chi connectivity index (χ3n) is 3.47. The van der Waals surface area contributed by atoms with Gasteiger partial charge in [0.15, 0.2) is 0 Å². The quantitative estimate of drug-likeness (QED) is 0.883. The van der Waals surface area contributed by atoms with Crippen LogP contribution in [0.1, 0.15) is 17.5 Å². The molecule has 1 N–H and O–H groups in total. The molecular formula is C17H17F2NO2. The normalized spacial score (nSPS) is 10.5. The van der Waals surface area contributed by atoms with Gasteiger partial charge < -0.3 is 10.0 Å². The van der Waals surface area contributed by atoms with Gasteiger partial charge in [0.2, 0.25) is 0 Å². The number of rotatable bonds is 6. The van der Waals surface area contributed by atoms with Crippen LogP contribution in [0.5, 0.6) is 0 Å². The zero-order valence-corrected chi connectivity index (χ0v) is 12.2. The van der Waals surface area contributed by atoms with E-state index in [9.17, 15) is 13.6 Å². The lowest BCUT2D eigenvalue weighted by molar-refractivity contribution is -0.136. The molecule has 2 aromatic carbocycles. The number of aryl methyl sites for hydroxylation is 1. The Balaban J connectivity index is 2.32. The van der Waals surface area contributed by atoms with E-state index >= 15 is 0 Å². The van der Waals surface area contributed by atoms with E-state index in [2.05, 4.69) is 0 Å². The van der Waals surface area contributed by atoms with Crippen LogP contribution in [-0.4, -0.2) is 17.6 Å². The first-order valence-electron chi connectivity index (χ1n) is 6.93. The summed E-state index contributed by atoms with van der Waals surface area (Å²) in [5.74, 6) is -2.10. The Kier molecular flexibility index (Phi) is 5.09. The highest BCUT2D eigenvalue weighted by Gasteiger charge is 2.15. The number of benzene rings is 2. The molecule has 0 aliphatic rings. The van der Waals surface area contributed by atoms with Crippen molar-refractivity contribution in [2.75, 3.05) is 11.4 Å². The molecule has 0 saturated carbocycles. The van der Waals surface area contributed by atoms with Crippen molar-refractivity contribution >= 4 is 11.7 Å². The topological polar surface area (TPSA) is 40.5 Å². The Morgan fingerprint density at radius 1 is 1.18 bits per heavy atom. The van der Waals surface area contributed by atoms with E-state index in [-0.39, 0.29) is 18.7 Å². The third kappa shape index (κ3) is 4.04. The Labute approximate surface area is 127 Å². The highest BCUT2D eigenvalue weighted by Crippen LogP contribution is 2.23. The summed E-state index contributed by atoms with van der Waals surface area (Å²) in [7, 11) is 0. The molecule has 0 aliphatic heterocycles. The summed E-state index contributed by atoms with van der Waals surface area (Å²) in [5, 5.41) is 8.86. The van der Waals surface area contributed by atoms with Crippen molar-refractivity contribution in [2.45, 2.75) is 19.9 Å². The van der Waals surface area contributed by atoms with E-state index in [1.807, 2.05) is 31.2 Å². The Morgan fingerprint density at radius 2 is 1.91 bits per heavy atom. The molecule has 0 aliphatic carbocycles. The molecule has 0 spiro atoms. The molecule has 5 heteroatoms. The number of anilines is 1. The van der Waals surface area contributed by atoms with E-state index in [0.717, 1.165) is 29.3 Å². The Hall–Kier alpha value is -2.43. The van der Waals surface area contributed by atoms with E-state index < -0.39 is 17.6 Å². The maximum absolute atomic E-state index is 14.0. The summed E-state index contributed by atoms with van der Waals surface area (Å²) in [4.78, 5) is 12.4. The predicted molar refractivity (Wildman–Crippen MR) is 80.8 cm³/mol. The standard InChI is InChI=1S/C17H17F2NO2/c1-12-4-2-3-5-13(12)11-20(9-8-17(21)22)16-10-14(18)6-7-15(16)19/h2-7,10H,8-9,11H2,1H3,(H,21,22). The molecule has 0 radical (unpaired) electrons. The molecule has 0 aromatic heterocycles. The number of carboxylic acids is 1. The van der Waals surface area contributed by atoms with Crippen molar-refractivity contribution in [3.8, 4) is 0 Å². The summed E-state index contributed by atoms with van der Waals surface area (Å²) in [6.45, 7) is 2.34. The summed E-state index contributed by atoms with van der Waals surface area (Å²) < 4.78 is 27.4. The Morgan fingerprint density at radius 3 is 2.59 bits per heavy atom. The van der Waals surface area contributed by atoms with Gasteiger partial charge in [-0.25, -0.2) is 8.78 Å². The van der Waals surface area contributed by atoms with Gasteiger partial charge in [0.05, 0.1) is 12.1 Å². The smallest absolute Gasteiger partial charge is 0.305 e. The second-order valence-corrected chi connectivity index (χ2v) is 5.09. The molecule has 0 bridgehead atoms. The van der Waals surface area contributed by atoms with Crippen molar-refractivity contribution in [3.63, 3.8) is 0 Å². The minimum absolute atomic E-state index is 0.0736. The monoisotopic (exact) mass is 305 g/mol. The SMILES string of the molecule is Cc1ccccc1CN(CCC(=O)O)c1cc(F)ccc1F. The molecule has 22 heavy (non-hydrogen) atoms. The van der Waals surface area contributed by atoms with Crippen LogP contribution in [0.15, 0.2) is 42.5 Å². The summed E-state index contributed by atoms with van der Waals surface area (Å²) in [6.07, 6.45) is -0.151. The van der Waals surface area contributed by atoms with Gasteiger partial charge in [-0.05, 0) is 30.2 Å². The van der Waals surface area contributed by atoms with Gasteiger partial charge in [0, 0.05) is 19.2 Å². The number of halogens is 2. The van der Waals surface area contributed by atoms with E-state index in [0.29, 0.717) is 6.54 Å². The van der Waals surface area contributed by atoms with Gasteiger partial charge in [0.25, 0.3) is 0 Å². The summed E-state index contributed by atoms with van der Waals surface area (Å²) in [6, 6.07) is 10.8. The number of nitrogens with zero attached hydrogens (tertiary/aromatic N) is 1. The molecule has 0 heterocycles. The number of hydrogen-bond acceptors (Lipinski definition) is 2. The highest BCUT2D eigenvalue weighted by molar-refractivity contribution is 5.67. The zero-order chi connectivity index (χ0) is 16.1. The summed E-state index contributed by atoms with van der Waals surface area (Å²) in [5.41, 5.74) is 2.03. The average molecular weight is 305 g/mol. The largest absolute Gasteiger partial charge is 0.481 e. The lowest BCUT2D eigenvalue weighted by Crippen LogP contribution is -2.27. The maximum atomic E-state index is 14.0. The average Bonchev–Trinajstić information content (AvgIpc) is 2.48. The molecule has 0 atom stereocenters. The fraction of sp³-hybridized carbons (Fsp3) is 0.235. The van der Waals surface area contributed by atoms with Crippen LogP contribution in [0, 0.1) is 18.6 Å². The van der Waals surface area contributed by atoms with Gasteiger partial charge in [-0.2, -0.15) is 0 Å². The first kappa shape index (κ1) is 15.9. The van der Waals surface area contributed by atoms with Crippen LogP contribution in [0.3, 0.4) is 0 Å². The van der Waals surface area contributed by atoms with Crippen LogP contribution in [0.2, 0.25) is 0 Å². The van der Waals surface area contributed by atoms with Gasteiger partial charge >= 0.3 is 5.97 Å². The van der Waals surface area contributed by atoms with Crippen LogP contribution in [-0.2, 0) is 11.3 Å². The Bertz CT molecular complexity index is 673. The first-order valence-corrected chi connectivity index (χ1v) is 6.93. The van der Waals surface area contributed by atoms with Crippen molar-refractivity contribution in [2.24, 2.45) is 0 Å². The van der Waals surface area contributed by atoms with Crippen molar-refractivity contribution in [3.05, 3.63) is 65.2 Å². The van der Waals surface area contributed by atoms with Gasteiger partial charge in [-0.3, -0.25) is 4.79 Å². The third-order valence-corrected chi connectivity index (χ3v) is 3.47. The summed E-state index contributed by atoms with van der Waals surface area (Å²) >= 11 is 0. The van der Waals surface area contributed by atoms with Crippen LogP contribution < -0.4 is 4.90 Å². The van der Waals surface area contributed by atoms with Crippen LogP contribution in [0.25, 0.3) is 0 Å². The lowest BCUT2D eigenvalue weighted by Gasteiger charge is -2.25. The number of aliphatic carboxylic acids is 1. The van der Waals surface area contributed by atoms with Gasteiger partial charge in [-0.15, -0.1) is 0 Å². The fourth-order valence-corrected chi connectivity index (χ4v) is 2.24. The molecule has 116 valence electrons. The lowest BCUT2D eigenvalue weighted by atomic mass is 10.1. The van der Waals surface area contributed by atoms with Crippen molar-refractivity contribution in [1.82, 2.24) is 0 Å². The maximum Gasteiger partial charge on any atom is 0.305 e. The highest BCUT2D eigenvalue weighted by atomic mass is 19.1. The van der Waals surface area contributed by atoms with E-state index in [4.69, 9.17) is 5.11 Å². The van der Waals surface area contributed by atoms with Crippen LogP contribution in [0.4, 0.5) is 14.5 Å². The number of carbonyl (C=O) groups is 1. The number of carboxylic acid groups (broad SMARTS) is 1. The second kappa shape index (κ2) is 7.02. The zero-order valence-electron chi connectivity index (χ0n) is 12.2. The number of hydrogen-bond donors (Lipinski definition) is 1. The van der Waals surface area contributed by atoms with Crippen molar-refractivity contribution in [1.29, 1.82) is 0 Å². The minimum Gasteiger partial charge on any atom is -0.481 e. The van der Waals surface area contributed by atoms with Crippen LogP contribution >= 0.6 is 0 Å². The van der Waals surface area contributed by atoms with Gasteiger partial charge in [0.1, 0.15) is 11.6 Å². The molecule has 2 aromatic rings.